The number of carbonyl (C=O) groups excluding carboxylic acids is 1. The molecule has 1 aliphatic rings. The summed E-state index contributed by atoms with van der Waals surface area (Å²) < 4.78 is 96.5. The van der Waals surface area contributed by atoms with Crippen LogP contribution in [0.4, 0.5) is 26.7 Å². The Morgan fingerprint density at radius 1 is 1.10 bits per heavy atom. The number of carbonyl (C=O) groups is 1. The number of hydrogen-bond donors (Lipinski definition) is 1. The fourth-order valence-corrected chi connectivity index (χ4v) is 2.17. The van der Waals surface area contributed by atoms with Crippen LogP contribution in [0.15, 0.2) is 0 Å². The number of piperidine rings is 1. The van der Waals surface area contributed by atoms with Crippen LogP contribution in [-0.2, 0) is 14.9 Å². The zero-order chi connectivity index (χ0) is 16.5. The molecule has 1 heterocycles. The van der Waals surface area contributed by atoms with Crippen molar-refractivity contribution < 1.29 is 44.5 Å². The van der Waals surface area contributed by atoms with Crippen LogP contribution in [0, 0.1) is 0 Å². The average Bonchev–Trinajstić information content (AvgIpc) is 2.33. The van der Waals surface area contributed by atoms with Crippen molar-refractivity contribution in [3.63, 3.8) is 0 Å². The van der Waals surface area contributed by atoms with Gasteiger partial charge >= 0.3 is 27.6 Å². The summed E-state index contributed by atoms with van der Waals surface area (Å²) in [7, 11) is -6.41. The lowest BCUT2D eigenvalue weighted by molar-refractivity contribution is -0.249. The Morgan fingerprint density at radius 2 is 1.57 bits per heavy atom. The molecule has 0 aromatic carbocycles. The van der Waals surface area contributed by atoms with Gasteiger partial charge in [0.25, 0.3) is 6.10 Å². The first-order chi connectivity index (χ1) is 9.37. The Balaban J connectivity index is 2.97. The minimum Gasteiger partial charge on any atom is -0.428 e. The van der Waals surface area contributed by atoms with Crippen molar-refractivity contribution in [2.45, 2.75) is 36.8 Å². The molecule has 1 fully saturated rings. The third-order valence-electron chi connectivity index (χ3n) is 2.78. The summed E-state index contributed by atoms with van der Waals surface area (Å²) in [5.74, 6) is 0. The van der Waals surface area contributed by atoms with E-state index in [1.807, 2.05) is 0 Å². The molecule has 1 atom stereocenters. The van der Waals surface area contributed by atoms with E-state index >= 15 is 0 Å². The van der Waals surface area contributed by atoms with Gasteiger partial charge in [0.15, 0.2) is 0 Å². The first-order valence-electron chi connectivity index (χ1n) is 5.74. The highest BCUT2D eigenvalue weighted by atomic mass is 32.2. The largest absolute Gasteiger partial charge is 0.432 e. The topological polar surface area (TPSA) is 83.9 Å². The first-order valence-corrected chi connectivity index (χ1v) is 7.18. The average molecular weight is 341 g/mol. The van der Waals surface area contributed by atoms with Gasteiger partial charge in [-0.25, -0.2) is 4.79 Å². The molecule has 0 saturated carbocycles. The highest BCUT2D eigenvalue weighted by Gasteiger charge is 2.66. The van der Waals surface area contributed by atoms with Crippen molar-refractivity contribution in [2.24, 2.45) is 0 Å². The van der Waals surface area contributed by atoms with Gasteiger partial charge in [0.05, 0.1) is 0 Å². The number of likely N-dealkylation sites (tertiary alicyclic amines) is 1. The van der Waals surface area contributed by atoms with Crippen LogP contribution < -0.4 is 0 Å². The number of ether oxygens (including phenoxy) is 1. The van der Waals surface area contributed by atoms with Crippen LogP contribution in [0.3, 0.4) is 0 Å². The van der Waals surface area contributed by atoms with Crippen molar-refractivity contribution in [3.8, 4) is 0 Å². The highest BCUT2D eigenvalue weighted by Crippen LogP contribution is 2.38. The summed E-state index contributed by atoms with van der Waals surface area (Å²) in [6.07, 6.45) is -10.2. The maximum Gasteiger partial charge on any atom is 0.432 e. The second-order valence-electron chi connectivity index (χ2n) is 4.39. The van der Waals surface area contributed by atoms with E-state index in [1.165, 1.54) is 0 Å². The van der Waals surface area contributed by atoms with Gasteiger partial charge in [0.2, 0.25) is 0 Å². The molecule has 0 spiro atoms. The molecule has 0 aromatic heterocycles. The van der Waals surface area contributed by atoms with Crippen molar-refractivity contribution in [2.75, 3.05) is 13.1 Å². The Labute approximate surface area is 116 Å². The van der Waals surface area contributed by atoms with E-state index in [9.17, 15) is 35.2 Å². The molecule has 0 aliphatic carbocycles. The fourth-order valence-electron chi connectivity index (χ4n) is 1.71. The van der Waals surface area contributed by atoms with Gasteiger partial charge in [-0.15, -0.1) is 0 Å². The standard InChI is InChI=1S/C9H12F5NO5S/c10-8(11,12)6(9(13,14)21(17,18)19)20-7(16)15-4-2-1-3-5-15/h6H,1-5H2,(H,17,18,19). The SMILES string of the molecule is O=C(OC(C(F)(F)F)C(F)(F)S(=O)(=O)O)N1CCCCC1. The van der Waals surface area contributed by atoms with E-state index in [4.69, 9.17) is 4.55 Å². The minimum absolute atomic E-state index is 0.0147. The molecule has 0 aromatic rings. The molecule has 1 saturated heterocycles. The van der Waals surface area contributed by atoms with Crippen LogP contribution in [0.2, 0.25) is 0 Å². The van der Waals surface area contributed by atoms with E-state index in [-0.39, 0.29) is 13.1 Å². The normalized spacial score (nSPS) is 19.2. The summed E-state index contributed by atoms with van der Waals surface area (Å²) in [5, 5.41) is -5.70. The summed E-state index contributed by atoms with van der Waals surface area (Å²) >= 11 is 0. The smallest absolute Gasteiger partial charge is 0.428 e. The third kappa shape index (κ3) is 4.15. The van der Waals surface area contributed by atoms with E-state index in [2.05, 4.69) is 4.74 Å². The van der Waals surface area contributed by atoms with Crippen LogP contribution in [0.1, 0.15) is 19.3 Å². The molecular weight excluding hydrogens is 329 g/mol. The monoisotopic (exact) mass is 341 g/mol. The summed E-state index contributed by atoms with van der Waals surface area (Å²) in [6, 6.07) is 0. The summed E-state index contributed by atoms with van der Waals surface area (Å²) in [6.45, 7) is 0.0295. The van der Waals surface area contributed by atoms with Gasteiger partial charge in [-0.3, -0.25) is 4.55 Å². The molecule has 12 heteroatoms. The highest BCUT2D eigenvalue weighted by molar-refractivity contribution is 7.86. The molecule has 1 N–H and O–H groups in total. The van der Waals surface area contributed by atoms with Crippen molar-refractivity contribution in [1.82, 2.24) is 4.90 Å². The minimum atomic E-state index is -6.41. The number of rotatable bonds is 3. The molecule has 124 valence electrons. The Kier molecular flexibility index (Phi) is 5.03. The third-order valence-corrected chi connectivity index (χ3v) is 3.68. The lowest BCUT2D eigenvalue weighted by atomic mass is 10.1. The Bertz CT molecular complexity index is 485. The van der Waals surface area contributed by atoms with E-state index < -0.39 is 33.7 Å². The van der Waals surface area contributed by atoms with Crippen molar-refractivity contribution in [1.29, 1.82) is 0 Å². The maximum absolute atomic E-state index is 13.2. The number of hydrogen-bond acceptors (Lipinski definition) is 4. The van der Waals surface area contributed by atoms with Gasteiger partial charge in [0.1, 0.15) is 0 Å². The van der Waals surface area contributed by atoms with Crippen LogP contribution in [0.25, 0.3) is 0 Å². The van der Waals surface area contributed by atoms with Gasteiger partial charge in [-0.2, -0.15) is 30.4 Å². The van der Waals surface area contributed by atoms with Gasteiger partial charge in [-0.05, 0) is 19.3 Å². The van der Waals surface area contributed by atoms with Gasteiger partial charge < -0.3 is 9.64 Å². The second kappa shape index (κ2) is 5.91. The van der Waals surface area contributed by atoms with E-state index in [1.54, 1.807) is 0 Å². The zero-order valence-electron chi connectivity index (χ0n) is 10.4. The quantitative estimate of drug-likeness (QED) is 0.627. The number of halogens is 5. The van der Waals surface area contributed by atoms with Gasteiger partial charge in [-0.1, -0.05) is 0 Å². The van der Waals surface area contributed by atoms with E-state index in [0.717, 1.165) is 4.90 Å². The van der Waals surface area contributed by atoms with Gasteiger partial charge in [0, 0.05) is 13.1 Å². The number of nitrogens with zero attached hydrogens (tertiary/aromatic N) is 1. The second-order valence-corrected chi connectivity index (χ2v) is 5.88. The lowest BCUT2D eigenvalue weighted by Gasteiger charge is -2.30. The maximum atomic E-state index is 13.2. The van der Waals surface area contributed by atoms with Crippen LogP contribution in [0.5, 0.6) is 0 Å². The number of amides is 1. The predicted octanol–water partition coefficient (Wildman–Crippen LogP) is 2.02. The van der Waals surface area contributed by atoms with Crippen molar-refractivity contribution in [3.05, 3.63) is 0 Å². The predicted molar refractivity (Wildman–Crippen MR) is 58.2 cm³/mol. The number of alkyl halides is 5. The summed E-state index contributed by atoms with van der Waals surface area (Å²) in [5.41, 5.74) is 0. The molecule has 6 nitrogen and oxygen atoms in total. The van der Waals surface area contributed by atoms with Crippen molar-refractivity contribution >= 4 is 16.2 Å². The Morgan fingerprint density at radius 3 is 1.95 bits per heavy atom. The summed E-state index contributed by atoms with van der Waals surface area (Å²) in [4.78, 5) is 12.2. The molecule has 1 aliphatic heterocycles. The molecule has 1 unspecified atom stereocenters. The first kappa shape index (κ1) is 17.9. The van der Waals surface area contributed by atoms with Crippen LogP contribution in [-0.4, -0.2) is 54.6 Å². The fraction of sp³-hybridized carbons (Fsp3) is 0.889. The molecule has 21 heavy (non-hydrogen) atoms. The van der Waals surface area contributed by atoms with E-state index in [0.29, 0.717) is 19.3 Å². The molecule has 1 rings (SSSR count). The van der Waals surface area contributed by atoms with Crippen LogP contribution >= 0.6 is 0 Å². The molecule has 0 bridgehead atoms. The molecule has 1 amide bonds. The zero-order valence-corrected chi connectivity index (χ0v) is 11.3. The Hall–Kier alpha value is -1.17. The molecular formula is C9H12F5NO5S. The molecule has 0 radical (unpaired) electrons. The lowest BCUT2D eigenvalue weighted by Crippen LogP contribution is -2.53.